The third-order valence-electron chi connectivity index (χ3n) is 2.61. The molecular formula is C15H15FO. The van der Waals surface area contributed by atoms with Crippen molar-refractivity contribution in [3.8, 4) is 16.9 Å². The van der Waals surface area contributed by atoms with Gasteiger partial charge in [0.05, 0.1) is 6.61 Å². The number of hydrogen-bond acceptors (Lipinski definition) is 1. The quantitative estimate of drug-likeness (QED) is 0.767. The summed E-state index contributed by atoms with van der Waals surface area (Å²) < 4.78 is 19.1. The second-order valence-electron chi connectivity index (χ2n) is 3.94. The van der Waals surface area contributed by atoms with Crippen LogP contribution in [0.5, 0.6) is 5.75 Å². The highest BCUT2D eigenvalue weighted by molar-refractivity contribution is 5.65. The molecule has 0 aliphatic rings. The molecule has 2 aromatic rings. The molecule has 0 fully saturated rings. The average Bonchev–Trinajstić information content (AvgIpc) is 2.31. The molecule has 0 aromatic heterocycles. The normalized spacial score (nSPS) is 10.3. The van der Waals surface area contributed by atoms with Gasteiger partial charge in [-0.1, -0.05) is 29.8 Å². The molecule has 2 aromatic carbocycles. The Morgan fingerprint density at radius 2 is 1.76 bits per heavy atom. The fraction of sp³-hybridized carbons (Fsp3) is 0.200. The van der Waals surface area contributed by atoms with Gasteiger partial charge in [0, 0.05) is 11.6 Å². The minimum Gasteiger partial charge on any atom is -0.494 e. The molecule has 0 atom stereocenters. The minimum absolute atomic E-state index is 0.250. The summed E-state index contributed by atoms with van der Waals surface area (Å²) in [5.74, 6) is 0.320. The fourth-order valence-electron chi connectivity index (χ4n) is 1.72. The van der Waals surface area contributed by atoms with E-state index >= 15 is 0 Å². The van der Waals surface area contributed by atoms with E-state index in [4.69, 9.17) is 4.74 Å². The maximum Gasteiger partial charge on any atom is 0.134 e. The van der Waals surface area contributed by atoms with E-state index < -0.39 is 0 Å². The van der Waals surface area contributed by atoms with Gasteiger partial charge in [-0.05, 0) is 31.5 Å². The van der Waals surface area contributed by atoms with Crippen LogP contribution in [0.1, 0.15) is 12.5 Å². The smallest absolute Gasteiger partial charge is 0.134 e. The number of aryl methyl sites for hydroxylation is 1. The fourth-order valence-corrected chi connectivity index (χ4v) is 1.72. The van der Waals surface area contributed by atoms with Gasteiger partial charge in [-0.2, -0.15) is 0 Å². The SMILES string of the molecule is CCOc1ccc(-c2ccc(C)cc2)c(F)c1. The zero-order valence-electron chi connectivity index (χ0n) is 10.0. The zero-order chi connectivity index (χ0) is 12.3. The molecule has 0 bridgehead atoms. The molecule has 0 saturated carbocycles. The van der Waals surface area contributed by atoms with Gasteiger partial charge < -0.3 is 4.74 Å². The second kappa shape index (κ2) is 5.00. The Labute approximate surface area is 101 Å². The highest BCUT2D eigenvalue weighted by Gasteiger charge is 2.06. The Kier molecular flexibility index (Phi) is 3.43. The molecule has 0 spiro atoms. The molecule has 0 amide bonds. The maximum absolute atomic E-state index is 13.9. The number of rotatable bonds is 3. The second-order valence-corrected chi connectivity index (χ2v) is 3.94. The van der Waals surface area contributed by atoms with Crippen molar-refractivity contribution in [3.63, 3.8) is 0 Å². The standard InChI is InChI=1S/C15H15FO/c1-3-17-13-8-9-14(15(16)10-13)12-6-4-11(2)5-7-12/h4-10H,3H2,1-2H3. The van der Waals surface area contributed by atoms with E-state index in [1.807, 2.05) is 38.1 Å². The molecule has 0 N–H and O–H groups in total. The lowest BCUT2D eigenvalue weighted by molar-refractivity contribution is 0.338. The van der Waals surface area contributed by atoms with Crippen molar-refractivity contribution in [3.05, 3.63) is 53.8 Å². The first-order valence-electron chi connectivity index (χ1n) is 5.70. The van der Waals surface area contributed by atoms with Crippen molar-refractivity contribution in [1.29, 1.82) is 0 Å². The first kappa shape index (κ1) is 11.6. The van der Waals surface area contributed by atoms with Crippen LogP contribution in [0.4, 0.5) is 4.39 Å². The van der Waals surface area contributed by atoms with Gasteiger partial charge >= 0.3 is 0 Å². The van der Waals surface area contributed by atoms with E-state index in [9.17, 15) is 4.39 Å². The molecule has 2 rings (SSSR count). The first-order chi connectivity index (χ1) is 8.20. The van der Waals surface area contributed by atoms with Crippen LogP contribution in [-0.2, 0) is 0 Å². The molecule has 88 valence electrons. The van der Waals surface area contributed by atoms with Crippen molar-refractivity contribution in [2.75, 3.05) is 6.61 Å². The summed E-state index contributed by atoms with van der Waals surface area (Å²) >= 11 is 0. The van der Waals surface area contributed by atoms with Gasteiger partial charge in [0.15, 0.2) is 0 Å². The zero-order valence-corrected chi connectivity index (χ0v) is 10.0. The monoisotopic (exact) mass is 230 g/mol. The maximum atomic E-state index is 13.9. The van der Waals surface area contributed by atoms with Crippen molar-refractivity contribution >= 4 is 0 Å². The van der Waals surface area contributed by atoms with Gasteiger partial charge in [0.2, 0.25) is 0 Å². The van der Waals surface area contributed by atoms with Gasteiger partial charge in [0.1, 0.15) is 11.6 Å². The predicted molar refractivity (Wildman–Crippen MR) is 67.7 cm³/mol. The summed E-state index contributed by atoms with van der Waals surface area (Å²) in [6.45, 7) is 4.44. The molecule has 2 heteroatoms. The topological polar surface area (TPSA) is 9.23 Å². The van der Waals surface area contributed by atoms with Gasteiger partial charge in [-0.15, -0.1) is 0 Å². The largest absolute Gasteiger partial charge is 0.494 e. The molecule has 0 saturated heterocycles. The molecule has 0 unspecified atom stereocenters. The lowest BCUT2D eigenvalue weighted by Gasteiger charge is -2.07. The van der Waals surface area contributed by atoms with Crippen molar-refractivity contribution in [1.82, 2.24) is 0 Å². The van der Waals surface area contributed by atoms with Gasteiger partial charge in [-0.3, -0.25) is 0 Å². The molecular weight excluding hydrogens is 215 g/mol. The van der Waals surface area contributed by atoms with Crippen LogP contribution in [-0.4, -0.2) is 6.61 Å². The lowest BCUT2D eigenvalue weighted by Crippen LogP contribution is -1.93. The van der Waals surface area contributed by atoms with Crippen LogP contribution in [0, 0.1) is 12.7 Å². The van der Waals surface area contributed by atoms with Crippen LogP contribution in [0.2, 0.25) is 0 Å². The van der Waals surface area contributed by atoms with E-state index in [0.717, 1.165) is 5.56 Å². The van der Waals surface area contributed by atoms with Gasteiger partial charge in [-0.25, -0.2) is 4.39 Å². The number of benzene rings is 2. The Morgan fingerprint density at radius 3 is 2.35 bits per heavy atom. The van der Waals surface area contributed by atoms with Crippen molar-refractivity contribution < 1.29 is 9.13 Å². The molecule has 1 nitrogen and oxygen atoms in total. The summed E-state index contributed by atoms with van der Waals surface area (Å²) in [6, 6.07) is 12.8. The summed E-state index contributed by atoms with van der Waals surface area (Å²) in [7, 11) is 0. The minimum atomic E-state index is -0.250. The van der Waals surface area contributed by atoms with E-state index in [-0.39, 0.29) is 5.82 Å². The third kappa shape index (κ3) is 2.64. The molecule has 0 aliphatic carbocycles. The van der Waals surface area contributed by atoms with Crippen LogP contribution in [0.15, 0.2) is 42.5 Å². The average molecular weight is 230 g/mol. The summed E-state index contributed by atoms with van der Waals surface area (Å²) in [4.78, 5) is 0. The lowest BCUT2D eigenvalue weighted by atomic mass is 10.0. The molecule has 0 radical (unpaired) electrons. The summed E-state index contributed by atoms with van der Waals surface area (Å²) in [5.41, 5.74) is 2.66. The third-order valence-corrected chi connectivity index (χ3v) is 2.61. The van der Waals surface area contributed by atoms with Crippen molar-refractivity contribution in [2.24, 2.45) is 0 Å². The Hall–Kier alpha value is -1.83. The van der Waals surface area contributed by atoms with Crippen LogP contribution >= 0.6 is 0 Å². The number of ether oxygens (including phenoxy) is 1. The first-order valence-corrected chi connectivity index (χ1v) is 5.70. The van der Waals surface area contributed by atoms with Crippen LogP contribution in [0.3, 0.4) is 0 Å². The predicted octanol–water partition coefficient (Wildman–Crippen LogP) is 4.20. The molecule has 0 aliphatic heterocycles. The number of halogens is 1. The number of hydrogen-bond donors (Lipinski definition) is 0. The van der Waals surface area contributed by atoms with E-state index in [0.29, 0.717) is 17.9 Å². The Balaban J connectivity index is 2.36. The van der Waals surface area contributed by atoms with Crippen molar-refractivity contribution in [2.45, 2.75) is 13.8 Å². The van der Waals surface area contributed by atoms with Gasteiger partial charge in [0.25, 0.3) is 0 Å². The van der Waals surface area contributed by atoms with Crippen LogP contribution < -0.4 is 4.74 Å². The Morgan fingerprint density at radius 1 is 1.06 bits per heavy atom. The highest BCUT2D eigenvalue weighted by atomic mass is 19.1. The molecule has 17 heavy (non-hydrogen) atoms. The Bertz CT molecular complexity index is 503. The summed E-state index contributed by atoms with van der Waals surface area (Å²) in [6.07, 6.45) is 0. The van der Waals surface area contributed by atoms with E-state index in [1.54, 1.807) is 12.1 Å². The van der Waals surface area contributed by atoms with Crippen LogP contribution in [0.25, 0.3) is 11.1 Å². The van der Waals surface area contributed by atoms with E-state index in [1.165, 1.54) is 11.6 Å². The summed E-state index contributed by atoms with van der Waals surface area (Å²) in [5, 5.41) is 0. The highest BCUT2D eigenvalue weighted by Crippen LogP contribution is 2.26. The van der Waals surface area contributed by atoms with E-state index in [2.05, 4.69) is 0 Å². The molecule has 0 heterocycles.